The maximum absolute atomic E-state index is 13.5. The molecule has 0 spiro atoms. The van der Waals surface area contributed by atoms with Crippen molar-refractivity contribution in [3.8, 4) is 0 Å². The number of H-pyrrole nitrogens is 1. The Morgan fingerprint density at radius 2 is 1.61 bits per heavy atom. The molecule has 0 saturated heterocycles. The quantitative estimate of drug-likeness (QED) is 0.360. The number of ether oxygens (including phenoxy) is 1. The first-order valence-electron chi connectivity index (χ1n) is 13.4. The molecule has 4 rings (SSSR count). The molecule has 6 nitrogen and oxygen atoms in total. The van der Waals surface area contributed by atoms with Crippen LogP contribution in [0.5, 0.6) is 0 Å². The van der Waals surface area contributed by atoms with Crippen LogP contribution in [0, 0.1) is 0 Å². The predicted octanol–water partition coefficient (Wildman–Crippen LogP) is 6.06. The molecule has 1 aromatic heterocycles. The standard InChI is InChI=1S/C30H39N3O3/c1-30(21-24-22-32-27-18-12-11-17-26(24)27,28(34)31-20-19-23-13-7-6-8-14-23)33-29(35)36-25-15-9-4-2-3-5-10-16-25/h6-8,11-14,17-18,22,25,32H,2-5,9-10,15-16,19-21H2,1H3,(H,31,34)(H,33,35)/t30-/m1/s1. The molecule has 0 radical (unpaired) electrons. The van der Waals surface area contributed by atoms with Crippen LogP contribution in [0.3, 0.4) is 0 Å². The third-order valence-corrected chi connectivity index (χ3v) is 7.22. The first-order valence-corrected chi connectivity index (χ1v) is 13.4. The zero-order valence-electron chi connectivity index (χ0n) is 21.4. The first kappa shape index (κ1) is 25.8. The van der Waals surface area contributed by atoms with E-state index in [1.54, 1.807) is 6.92 Å². The lowest BCUT2D eigenvalue weighted by atomic mass is 9.91. The van der Waals surface area contributed by atoms with Crippen molar-refractivity contribution in [1.82, 2.24) is 15.6 Å². The van der Waals surface area contributed by atoms with Gasteiger partial charge in [0.15, 0.2) is 0 Å². The number of rotatable bonds is 8. The number of benzene rings is 2. The first-order chi connectivity index (χ1) is 17.5. The van der Waals surface area contributed by atoms with Crippen molar-refractivity contribution in [3.05, 3.63) is 71.9 Å². The van der Waals surface area contributed by atoms with E-state index >= 15 is 0 Å². The number of fused-ring (bicyclic) bond motifs is 1. The zero-order chi connectivity index (χ0) is 25.2. The van der Waals surface area contributed by atoms with E-state index < -0.39 is 11.6 Å². The normalized spacial score (nSPS) is 16.8. The molecule has 6 heteroatoms. The minimum absolute atomic E-state index is 0.0958. The topological polar surface area (TPSA) is 83.2 Å². The van der Waals surface area contributed by atoms with Crippen LogP contribution in [0.4, 0.5) is 4.79 Å². The van der Waals surface area contributed by atoms with Crippen LogP contribution in [-0.4, -0.2) is 35.2 Å². The Morgan fingerprint density at radius 3 is 2.36 bits per heavy atom. The zero-order valence-corrected chi connectivity index (χ0v) is 21.4. The number of hydrogen-bond acceptors (Lipinski definition) is 3. The monoisotopic (exact) mass is 489 g/mol. The average molecular weight is 490 g/mol. The minimum Gasteiger partial charge on any atom is -0.446 e. The van der Waals surface area contributed by atoms with E-state index in [2.05, 4.69) is 15.6 Å². The van der Waals surface area contributed by atoms with Gasteiger partial charge in [-0.1, -0.05) is 74.2 Å². The van der Waals surface area contributed by atoms with Gasteiger partial charge in [-0.05, 0) is 56.2 Å². The molecule has 1 aliphatic carbocycles. The molecule has 3 aromatic rings. The summed E-state index contributed by atoms with van der Waals surface area (Å²) in [5.74, 6) is -0.213. The largest absolute Gasteiger partial charge is 0.446 e. The van der Waals surface area contributed by atoms with Gasteiger partial charge in [-0.2, -0.15) is 0 Å². The van der Waals surface area contributed by atoms with E-state index in [0.29, 0.717) is 13.0 Å². The number of hydrogen-bond donors (Lipinski definition) is 3. The van der Waals surface area contributed by atoms with Gasteiger partial charge in [0, 0.05) is 30.1 Å². The van der Waals surface area contributed by atoms with E-state index in [9.17, 15) is 9.59 Å². The second-order valence-corrected chi connectivity index (χ2v) is 10.2. The molecule has 36 heavy (non-hydrogen) atoms. The summed E-state index contributed by atoms with van der Waals surface area (Å²) in [4.78, 5) is 29.9. The van der Waals surface area contributed by atoms with Crippen molar-refractivity contribution in [1.29, 1.82) is 0 Å². The fraction of sp³-hybridized carbons (Fsp3) is 0.467. The van der Waals surface area contributed by atoms with Crippen molar-refractivity contribution in [2.75, 3.05) is 6.54 Å². The van der Waals surface area contributed by atoms with Crippen LogP contribution in [0.1, 0.15) is 69.4 Å². The SMILES string of the molecule is C[C@](Cc1c[nH]c2ccccc12)(NC(=O)OC1CCCCCCCC1)C(=O)NCCc1ccccc1. The fourth-order valence-corrected chi connectivity index (χ4v) is 5.12. The number of amides is 2. The second kappa shape index (κ2) is 12.6. The Morgan fingerprint density at radius 1 is 0.944 bits per heavy atom. The molecule has 192 valence electrons. The predicted molar refractivity (Wildman–Crippen MR) is 144 cm³/mol. The van der Waals surface area contributed by atoms with Gasteiger partial charge >= 0.3 is 6.09 Å². The Hall–Kier alpha value is -3.28. The van der Waals surface area contributed by atoms with Crippen LogP contribution >= 0.6 is 0 Å². The molecule has 1 saturated carbocycles. The molecule has 0 aliphatic heterocycles. The van der Waals surface area contributed by atoms with Gasteiger partial charge in [0.05, 0.1) is 0 Å². The van der Waals surface area contributed by atoms with E-state index in [4.69, 9.17) is 4.74 Å². The second-order valence-electron chi connectivity index (χ2n) is 10.2. The fourth-order valence-electron chi connectivity index (χ4n) is 5.12. The number of aromatic nitrogens is 1. The lowest BCUT2D eigenvalue weighted by Gasteiger charge is -2.30. The number of nitrogens with one attached hydrogen (secondary N) is 3. The summed E-state index contributed by atoms with van der Waals surface area (Å²) in [6, 6.07) is 18.1. The third kappa shape index (κ3) is 7.12. The molecule has 2 amide bonds. The van der Waals surface area contributed by atoms with E-state index in [0.717, 1.165) is 54.1 Å². The lowest BCUT2D eigenvalue weighted by molar-refractivity contribution is -0.126. The summed E-state index contributed by atoms with van der Waals surface area (Å²) in [6.45, 7) is 2.28. The maximum atomic E-state index is 13.5. The van der Waals surface area contributed by atoms with Crippen molar-refractivity contribution >= 4 is 22.9 Å². The summed E-state index contributed by atoms with van der Waals surface area (Å²) in [7, 11) is 0. The number of alkyl carbamates (subject to hydrolysis) is 1. The molecule has 1 heterocycles. The maximum Gasteiger partial charge on any atom is 0.408 e. The highest BCUT2D eigenvalue weighted by atomic mass is 16.6. The van der Waals surface area contributed by atoms with Gasteiger partial charge in [0.1, 0.15) is 11.6 Å². The third-order valence-electron chi connectivity index (χ3n) is 7.22. The Kier molecular flexibility index (Phi) is 9.04. The van der Waals surface area contributed by atoms with Crippen LogP contribution < -0.4 is 10.6 Å². The summed E-state index contributed by atoms with van der Waals surface area (Å²) in [5, 5.41) is 7.05. The van der Waals surface area contributed by atoms with Crippen molar-refractivity contribution in [2.45, 2.75) is 82.8 Å². The molecule has 1 aliphatic rings. The Labute approximate surface area is 214 Å². The van der Waals surface area contributed by atoms with Crippen LogP contribution in [-0.2, 0) is 22.4 Å². The Balaban J connectivity index is 1.45. The van der Waals surface area contributed by atoms with Crippen LogP contribution in [0.2, 0.25) is 0 Å². The van der Waals surface area contributed by atoms with Crippen LogP contribution in [0.25, 0.3) is 10.9 Å². The summed E-state index contributed by atoms with van der Waals surface area (Å²) >= 11 is 0. The van der Waals surface area contributed by atoms with E-state index in [1.165, 1.54) is 25.7 Å². The minimum atomic E-state index is -1.16. The number of para-hydroxylation sites is 1. The van der Waals surface area contributed by atoms with Crippen molar-refractivity contribution in [3.63, 3.8) is 0 Å². The van der Waals surface area contributed by atoms with Crippen molar-refractivity contribution < 1.29 is 14.3 Å². The molecule has 0 bridgehead atoms. The molecule has 1 atom stereocenters. The summed E-state index contributed by atoms with van der Waals surface area (Å²) in [5.41, 5.74) is 1.99. The van der Waals surface area contributed by atoms with Gasteiger partial charge in [-0.25, -0.2) is 4.79 Å². The number of carbonyl (C=O) groups is 2. The van der Waals surface area contributed by atoms with Crippen molar-refractivity contribution in [2.24, 2.45) is 0 Å². The van der Waals surface area contributed by atoms with Gasteiger partial charge in [-0.3, -0.25) is 4.79 Å². The summed E-state index contributed by atoms with van der Waals surface area (Å²) in [6.07, 6.45) is 11.2. The molecular weight excluding hydrogens is 450 g/mol. The van der Waals surface area contributed by atoms with Crippen LogP contribution in [0.15, 0.2) is 60.8 Å². The number of aromatic amines is 1. The van der Waals surface area contributed by atoms with E-state index in [1.807, 2.05) is 60.8 Å². The van der Waals surface area contributed by atoms with Gasteiger partial charge < -0.3 is 20.4 Å². The molecular formula is C30H39N3O3. The van der Waals surface area contributed by atoms with Gasteiger partial charge in [0.25, 0.3) is 0 Å². The summed E-state index contributed by atoms with van der Waals surface area (Å²) < 4.78 is 5.87. The number of carbonyl (C=O) groups excluding carboxylic acids is 2. The molecule has 3 N–H and O–H groups in total. The highest BCUT2D eigenvalue weighted by molar-refractivity contribution is 5.91. The Bertz CT molecular complexity index is 1120. The van der Waals surface area contributed by atoms with Gasteiger partial charge in [-0.15, -0.1) is 0 Å². The smallest absolute Gasteiger partial charge is 0.408 e. The highest BCUT2D eigenvalue weighted by Crippen LogP contribution is 2.24. The van der Waals surface area contributed by atoms with E-state index in [-0.39, 0.29) is 12.0 Å². The van der Waals surface area contributed by atoms with Gasteiger partial charge in [0.2, 0.25) is 5.91 Å². The lowest BCUT2D eigenvalue weighted by Crippen LogP contribution is -2.58. The average Bonchev–Trinajstić information content (AvgIpc) is 3.33. The highest BCUT2D eigenvalue weighted by Gasteiger charge is 2.37. The molecule has 0 unspecified atom stereocenters. The molecule has 2 aromatic carbocycles. The molecule has 1 fully saturated rings.